The molecule has 0 fully saturated rings. The van der Waals surface area contributed by atoms with Crippen molar-refractivity contribution in [2.45, 2.75) is 6.42 Å². The highest BCUT2D eigenvalue weighted by Crippen LogP contribution is 2.26. The van der Waals surface area contributed by atoms with Gasteiger partial charge in [0.05, 0.1) is 15.9 Å². The Labute approximate surface area is 124 Å². The van der Waals surface area contributed by atoms with E-state index in [9.17, 15) is 9.90 Å². The molecule has 1 aromatic heterocycles. The van der Waals surface area contributed by atoms with Crippen LogP contribution < -0.4 is 10.6 Å². The van der Waals surface area contributed by atoms with Gasteiger partial charge in [-0.1, -0.05) is 18.3 Å². The fourth-order valence-electron chi connectivity index (χ4n) is 2.05. The predicted octanol–water partition coefficient (Wildman–Crippen LogP) is 2.37. The maximum absolute atomic E-state index is 11.8. The number of thiazole rings is 1. The molecule has 0 atom stereocenters. The van der Waals surface area contributed by atoms with Crippen LogP contribution in [0.5, 0.6) is 0 Å². The second kappa shape index (κ2) is 5.18. The number of para-hydroxylation sites is 1. The van der Waals surface area contributed by atoms with E-state index in [1.807, 2.05) is 18.2 Å². The molecule has 0 spiro atoms. The van der Waals surface area contributed by atoms with Crippen LogP contribution in [0.3, 0.4) is 0 Å². The van der Waals surface area contributed by atoms with Gasteiger partial charge in [-0.3, -0.25) is 4.79 Å². The van der Waals surface area contributed by atoms with Gasteiger partial charge in [0.2, 0.25) is 0 Å². The van der Waals surface area contributed by atoms with Crippen molar-refractivity contribution in [3.05, 3.63) is 35.0 Å². The lowest BCUT2D eigenvalue weighted by Crippen LogP contribution is -2.36. The van der Waals surface area contributed by atoms with E-state index >= 15 is 0 Å². The molecule has 0 aliphatic carbocycles. The lowest BCUT2D eigenvalue weighted by atomic mass is 10.1. The summed E-state index contributed by atoms with van der Waals surface area (Å²) in [6.07, 6.45) is 0.393. The lowest BCUT2D eigenvalue weighted by Gasteiger charge is -2.18. The van der Waals surface area contributed by atoms with Gasteiger partial charge in [-0.15, -0.1) is 11.3 Å². The van der Waals surface area contributed by atoms with Crippen LogP contribution in [0.2, 0.25) is 0 Å². The number of thiocarbonyl (C=S) groups is 1. The number of anilines is 1. The highest BCUT2D eigenvalue weighted by Gasteiger charge is 2.24. The first-order chi connectivity index (χ1) is 9.66. The summed E-state index contributed by atoms with van der Waals surface area (Å²) < 4.78 is 1.03. The number of rotatable bonds is 2. The van der Waals surface area contributed by atoms with Crippen LogP contribution >= 0.6 is 23.6 Å². The number of carbonyl (C=O) groups is 1. The maximum Gasteiger partial charge on any atom is 0.257 e. The van der Waals surface area contributed by atoms with Gasteiger partial charge < -0.3 is 15.7 Å². The normalized spacial score (nSPS) is 15.3. The van der Waals surface area contributed by atoms with Crippen molar-refractivity contribution >= 4 is 50.4 Å². The molecule has 5 nitrogen and oxygen atoms in total. The molecule has 2 heterocycles. The monoisotopic (exact) mass is 305 g/mol. The SMILES string of the molecule is O=C1NCCC(O)=C1C(=S)Nc1cccc2scnc12. The van der Waals surface area contributed by atoms with Crippen LogP contribution in [-0.2, 0) is 4.79 Å². The van der Waals surface area contributed by atoms with Gasteiger partial charge >= 0.3 is 0 Å². The molecule has 0 saturated carbocycles. The van der Waals surface area contributed by atoms with Gasteiger partial charge in [-0.2, -0.15) is 0 Å². The molecule has 0 saturated heterocycles. The van der Waals surface area contributed by atoms with E-state index in [1.54, 1.807) is 5.51 Å². The molecule has 2 aromatic rings. The molecule has 1 aliphatic heterocycles. The van der Waals surface area contributed by atoms with Crippen LogP contribution in [0, 0.1) is 0 Å². The lowest BCUT2D eigenvalue weighted by molar-refractivity contribution is -0.117. The average Bonchev–Trinajstić information content (AvgIpc) is 2.88. The van der Waals surface area contributed by atoms with E-state index in [0.29, 0.717) is 13.0 Å². The van der Waals surface area contributed by atoms with E-state index in [0.717, 1.165) is 15.9 Å². The molecule has 3 rings (SSSR count). The number of amides is 1. The molecule has 0 bridgehead atoms. The second-order valence-electron chi connectivity index (χ2n) is 4.29. The summed E-state index contributed by atoms with van der Waals surface area (Å²) in [7, 11) is 0. The van der Waals surface area contributed by atoms with Crippen LogP contribution in [-0.4, -0.2) is 27.5 Å². The minimum absolute atomic E-state index is 0.0247. The van der Waals surface area contributed by atoms with Crippen molar-refractivity contribution in [1.82, 2.24) is 10.3 Å². The third kappa shape index (κ3) is 2.25. The van der Waals surface area contributed by atoms with Gasteiger partial charge in [0.25, 0.3) is 5.91 Å². The molecule has 0 radical (unpaired) electrons. The van der Waals surface area contributed by atoms with Crippen LogP contribution in [0.25, 0.3) is 10.2 Å². The molecule has 0 unspecified atom stereocenters. The van der Waals surface area contributed by atoms with Gasteiger partial charge in [-0.25, -0.2) is 4.98 Å². The first-order valence-corrected chi connectivity index (χ1v) is 7.29. The Kier molecular flexibility index (Phi) is 3.37. The number of nitrogens with zero attached hydrogens (tertiary/aromatic N) is 1. The van der Waals surface area contributed by atoms with Gasteiger partial charge in [0.1, 0.15) is 21.8 Å². The first-order valence-electron chi connectivity index (χ1n) is 6.00. The molecule has 1 amide bonds. The Morgan fingerprint density at radius 1 is 1.50 bits per heavy atom. The number of carbonyl (C=O) groups excluding carboxylic acids is 1. The fourth-order valence-corrected chi connectivity index (χ4v) is 3.07. The Bertz CT molecular complexity index is 736. The van der Waals surface area contributed by atoms with E-state index in [2.05, 4.69) is 15.6 Å². The zero-order valence-corrected chi connectivity index (χ0v) is 12.0. The second-order valence-corrected chi connectivity index (χ2v) is 5.58. The molecule has 20 heavy (non-hydrogen) atoms. The standard InChI is InChI=1S/C13H11N3O2S2/c17-8-4-5-14-12(18)10(8)13(19)16-7-2-1-3-9-11(7)15-6-20-9/h1-3,6,17H,4-5H2,(H,14,18)(H,16,19). The number of benzene rings is 1. The number of hydrogen-bond donors (Lipinski definition) is 3. The summed E-state index contributed by atoms with van der Waals surface area (Å²) in [5.74, 6) is -0.326. The highest BCUT2D eigenvalue weighted by atomic mass is 32.1. The number of nitrogens with one attached hydrogen (secondary N) is 2. The summed E-state index contributed by atoms with van der Waals surface area (Å²) in [4.78, 5) is 16.3. The molecule has 3 N–H and O–H groups in total. The smallest absolute Gasteiger partial charge is 0.257 e. The quantitative estimate of drug-likeness (QED) is 0.743. The molecule has 1 aliphatic rings. The molecular weight excluding hydrogens is 294 g/mol. The third-order valence-electron chi connectivity index (χ3n) is 3.00. The predicted molar refractivity (Wildman–Crippen MR) is 83.1 cm³/mol. The van der Waals surface area contributed by atoms with Crippen LogP contribution in [0.1, 0.15) is 6.42 Å². The minimum Gasteiger partial charge on any atom is -0.511 e. The number of aliphatic hydroxyl groups is 1. The van der Waals surface area contributed by atoms with Crippen molar-refractivity contribution in [1.29, 1.82) is 0 Å². The van der Waals surface area contributed by atoms with E-state index in [1.165, 1.54) is 11.3 Å². The topological polar surface area (TPSA) is 74.2 Å². The first kappa shape index (κ1) is 13.0. The summed E-state index contributed by atoms with van der Waals surface area (Å²) in [5.41, 5.74) is 3.42. The molecule has 7 heteroatoms. The summed E-state index contributed by atoms with van der Waals surface area (Å²) >= 11 is 6.76. The third-order valence-corrected chi connectivity index (χ3v) is 4.10. The zero-order chi connectivity index (χ0) is 14.1. The van der Waals surface area contributed by atoms with Gasteiger partial charge in [-0.05, 0) is 12.1 Å². The Morgan fingerprint density at radius 3 is 3.15 bits per heavy atom. The summed E-state index contributed by atoms with van der Waals surface area (Å²) in [5, 5.41) is 15.5. The Balaban J connectivity index is 1.93. The average molecular weight is 305 g/mol. The summed E-state index contributed by atoms with van der Waals surface area (Å²) in [6.45, 7) is 0.429. The Hall–Kier alpha value is -1.99. The van der Waals surface area contributed by atoms with Crippen LogP contribution in [0.4, 0.5) is 5.69 Å². The molecule has 1 aromatic carbocycles. The highest BCUT2D eigenvalue weighted by molar-refractivity contribution is 7.81. The van der Waals surface area contributed by atoms with E-state index < -0.39 is 0 Å². The van der Waals surface area contributed by atoms with Crippen molar-refractivity contribution in [3.8, 4) is 0 Å². The number of aromatic nitrogens is 1. The number of aliphatic hydroxyl groups excluding tert-OH is 1. The van der Waals surface area contributed by atoms with Crippen LogP contribution in [0.15, 0.2) is 35.0 Å². The summed E-state index contributed by atoms with van der Waals surface area (Å²) in [6, 6.07) is 5.69. The van der Waals surface area contributed by atoms with Gasteiger partial charge in [0.15, 0.2) is 0 Å². The molecule has 102 valence electrons. The maximum atomic E-state index is 11.8. The van der Waals surface area contributed by atoms with E-state index in [4.69, 9.17) is 12.2 Å². The minimum atomic E-state index is -0.350. The molecular formula is C13H11N3O2S2. The zero-order valence-electron chi connectivity index (χ0n) is 10.3. The van der Waals surface area contributed by atoms with Crippen molar-refractivity contribution in [3.63, 3.8) is 0 Å². The van der Waals surface area contributed by atoms with Gasteiger partial charge in [0, 0.05) is 13.0 Å². The van der Waals surface area contributed by atoms with E-state index in [-0.39, 0.29) is 22.2 Å². The number of fused-ring (bicyclic) bond motifs is 1. The van der Waals surface area contributed by atoms with Crippen molar-refractivity contribution in [2.24, 2.45) is 0 Å². The van der Waals surface area contributed by atoms with Crippen molar-refractivity contribution in [2.75, 3.05) is 11.9 Å². The van der Waals surface area contributed by atoms with Crippen molar-refractivity contribution < 1.29 is 9.90 Å². The number of hydrogen-bond acceptors (Lipinski definition) is 5. The largest absolute Gasteiger partial charge is 0.511 e. The fraction of sp³-hybridized carbons (Fsp3) is 0.154. The Morgan fingerprint density at radius 2 is 2.35 bits per heavy atom.